The highest BCUT2D eigenvalue weighted by Crippen LogP contribution is 2.30. The van der Waals surface area contributed by atoms with E-state index in [-0.39, 0.29) is 5.41 Å². The van der Waals surface area contributed by atoms with Gasteiger partial charge in [0.15, 0.2) is 9.84 Å². The summed E-state index contributed by atoms with van der Waals surface area (Å²) in [6.07, 6.45) is 0. The lowest BCUT2D eigenvalue weighted by Crippen LogP contribution is -2.43. The van der Waals surface area contributed by atoms with Crippen LogP contribution in [-0.2, 0) is 9.84 Å². The summed E-state index contributed by atoms with van der Waals surface area (Å²) in [7, 11) is -2.59. The maximum atomic E-state index is 10.5. The van der Waals surface area contributed by atoms with Crippen molar-refractivity contribution in [2.75, 3.05) is 11.5 Å². The Balaban J connectivity index is 2.68. The molecule has 0 aliphatic carbocycles. The molecule has 48 valence electrons. The highest BCUT2D eigenvalue weighted by atomic mass is 32.2. The van der Waals surface area contributed by atoms with Crippen LogP contribution in [0.4, 0.5) is 0 Å². The quantitative estimate of drug-likeness (QED) is 0.482. The second-order valence-corrected chi connectivity index (χ2v) is 5.26. The van der Waals surface area contributed by atoms with Gasteiger partial charge in [0.1, 0.15) is 0 Å². The number of hydrogen-bond acceptors (Lipinski definition) is 2. The summed E-state index contributed by atoms with van der Waals surface area (Å²) < 4.78 is 21.0. The van der Waals surface area contributed by atoms with Gasteiger partial charge >= 0.3 is 0 Å². The van der Waals surface area contributed by atoms with E-state index < -0.39 is 9.84 Å². The zero-order valence-corrected chi connectivity index (χ0v) is 5.96. The summed E-state index contributed by atoms with van der Waals surface area (Å²) in [6.45, 7) is 3.93. The van der Waals surface area contributed by atoms with Crippen LogP contribution in [0.3, 0.4) is 0 Å². The van der Waals surface area contributed by atoms with E-state index in [1.54, 1.807) is 0 Å². The first-order chi connectivity index (χ1) is 3.41. The Hall–Kier alpha value is -0.0500. The third-order valence-electron chi connectivity index (χ3n) is 1.22. The molecule has 0 N–H and O–H groups in total. The first-order valence-electron chi connectivity index (χ1n) is 2.62. The highest BCUT2D eigenvalue weighted by molar-refractivity contribution is 7.92. The third kappa shape index (κ3) is 1.02. The van der Waals surface area contributed by atoms with E-state index in [1.165, 1.54) is 0 Å². The van der Waals surface area contributed by atoms with Gasteiger partial charge in [0.25, 0.3) is 0 Å². The standard InChI is InChI=1S/C5H10O2S/c1-5(2)3-8(6,7)4-5/h3-4H2,1-2H3. The molecule has 2 nitrogen and oxygen atoms in total. The highest BCUT2D eigenvalue weighted by Gasteiger charge is 2.40. The molecular formula is C5H10O2S. The first kappa shape index (κ1) is 6.08. The lowest BCUT2D eigenvalue weighted by molar-refractivity contribution is 0.411. The summed E-state index contributed by atoms with van der Waals surface area (Å²) in [6, 6.07) is 0. The lowest BCUT2D eigenvalue weighted by Gasteiger charge is -2.33. The summed E-state index contributed by atoms with van der Waals surface area (Å²) in [5, 5.41) is 0. The van der Waals surface area contributed by atoms with Crippen LogP contribution < -0.4 is 0 Å². The molecule has 3 heteroatoms. The summed E-state index contributed by atoms with van der Waals surface area (Å²) in [5.41, 5.74) is 0.0683. The fourth-order valence-corrected chi connectivity index (χ4v) is 3.45. The van der Waals surface area contributed by atoms with Crippen LogP contribution in [0.25, 0.3) is 0 Å². The zero-order valence-electron chi connectivity index (χ0n) is 5.14. The molecule has 0 spiro atoms. The van der Waals surface area contributed by atoms with Gasteiger partial charge in [-0.2, -0.15) is 0 Å². The van der Waals surface area contributed by atoms with Crippen molar-refractivity contribution >= 4 is 9.84 Å². The minimum absolute atomic E-state index is 0.0683. The fraction of sp³-hybridized carbons (Fsp3) is 1.00. The Morgan fingerprint density at radius 3 is 1.62 bits per heavy atom. The number of hydrogen-bond donors (Lipinski definition) is 0. The molecule has 1 rings (SSSR count). The van der Waals surface area contributed by atoms with Gasteiger partial charge in [-0.15, -0.1) is 0 Å². The second-order valence-electron chi connectivity index (χ2n) is 3.20. The smallest absolute Gasteiger partial charge is 0.151 e. The Morgan fingerprint density at radius 2 is 1.62 bits per heavy atom. The maximum Gasteiger partial charge on any atom is 0.151 e. The average molecular weight is 134 g/mol. The first-order valence-corrected chi connectivity index (χ1v) is 4.44. The van der Waals surface area contributed by atoms with Crippen molar-refractivity contribution < 1.29 is 8.42 Å². The number of rotatable bonds is 0. The van der Waals surface area contributed by atoms with Crippen molar-refractivity contribution in [3.05, 3.63) is 0 Å². The molecule has 0 atom stereocenters. The second kappa shape index (κ2) is 1.26. The van der Waals surface area contributed by atoms with Gasteiger partial charge in [-0.25, -0.2) is 8.42 Å². The SMILES string of the molecule is CC1(C)CS(=O)(=O)C1. The predicted molar refractivity (Wildman–Crippen MR) is 32.4 cm³/mol. The number of sulfone groups is 1. The van der Waals surface area contributed by atoms with E-state index in [0.717, 1.165) is 0 Å². The molecule has 8 heavy (non-hydrogen) atoms. The zero-order chi connectivity index (χ0) is 6.41. The summed E-state index contributed by atoms with van der Waals surface area (Å²) >= 11 is 0. The third-order valence-corrected chi connectivity index (χ3v) is 3.66. The fourth-order valence-electron chi connectivity index (χ4n) is 1.15. The maximum absolute atomic E-state index is 10.5. The molecule has 0 aromatic heterocycles. The molecule has 0 saturated carbocycles. The average Bonchev–Trinajstić information content (AvgIpc) is 1.20. The van der Waals surface area contributed by atoms with Gasteiger partial charge in [0.05, 0.1) is 11.5 Å². The van der Waals surface area contributed by atoms with Crippen molar-refractivity contribution in [2.45, 2.75) is 13.8 Å². The molecule has 1 saturated heterocycles. The molecule has 0 aromatic rings. The summed E-state index contributed by atoms with van der Waals surface area (Å²) in [4.78, 5) is 0. The summed E-state index contributed by atoms with van der Waals surface area (Å²) in [5.74, 6) is 0.750. The normalized spacial score (nSPS) is 31.2. The molecule has 1 aliphatic heterocycles. The van der Waals surface area contributed by atoms with Gasteiger partial charge in [-0.1, -0.05) is 13.8 Å². The monoisotopic (exact) mass is 134 g/mol. The molecule has 0 unspecified atom stereocenters. The van der Waals surface area contributed by atoms with Crippen molar-refractivity contribution in [3.8, 4) is 0 Å². The minimum Gasteiger partial charge on any atom is -0.229 e. The van der Waals surface area contributed by atoms with Gasteiger partial charge < -0.3 is 0 Å². The predicted octanol–water partition coefficient (Wildman–Crippen LogP) is 0.441. The van der Waals surface area contributed by atoms with Crippen molar-refractivity contribution in [1.29, 1.82) is 0 Å². The minimum atomic E-state index is -2.59. The van der Waals surface area contributed by atoms with Crippen molar-refractivity contribution in [2.24, 2.45) is 5.41 Å². The van der Waals surface area contributed by atoms with Crippen molar-refractivity contribution in [1.82, 2.24) is 0 Å². The Kier molecular flexibility index (Phi) is 0.960. The molecule has 0 radical (unpaired) electrons. The van der Waals surface area contributed by atoms with E-state index >= 15 is 0 Å². The molecule has 1 heterocycles. The van der Waals surface area contributed by atoms with Gasteiger partial charge in [0.2, 0.25) is 0 Å². The van der Waals surface area contributed by atoms with E-state index in [4.69, 9.17) is 0 Å². The van der Waals surface area contributed by atoms with Crippen LogP contribution >= 0.6 is 0 Å². The van der Waals surface area contributed by atoms with Crippen LogP contribution in [-0.4, -0.2) is 19.9 Å². The van der Waals surface area contributed by atoms with Gasteiger partial charge in [0, 0.05) is 0 Å². The van der Waals surface area contributed by atoms with Gasteiger partial charge in [-0.3, -0.25) is 0 Å². The molecule has 0 amide bonds. The van der Waals surface area contributed by atoms with Gasteiger partial charge in [-0.05, 0) is 5.41 Å². The molecule has 0 bridgehead atoms. The van der Waals surface area contributed by atoms with E-state index in [9.17, 15) is 8.42 Å². The van der Waals surface area contributed by atoms with Crippen LogP contribution in [0.2, 0.25) is 0 Å². The van der Waals surface area contributed by atoms with E-state index in [0.29, 0.717) is 11.5 Å². The van der Waals surface area contributed by atoms with Crippen LogP contribution in [0, 0.1) is 5.41 Å². The molecule has 1 fully saturated rings. The van der Waals surface area contributed by atoms with Crippen LogP contribution in [0.1, 0.15) is 13.8 Å². The Morgan fingerprint density at radius 1 is 1.25 bits per heavy atom. The Bertz CT molecular complexity index is 174. The molecular weight excluding hydrogens is 124 g/mol. The Labute approximate surface area is 49.8 Å². The van der Waals surface area contributed by atoms with Crippen molar-refractivity contribution in [3.63, 3.8) is 0 Å². The van der Waals surface area contributed by atoms with Crippen LogP contribution in [0.15, 0.2) is 0 Å². The largest absolute Gasteiger partial charge is 0.229 e. The topological polar surface area (TPSA) is 34.1 Å². The van der Waals surface area contributed by atoms with Crippen LogP contribution in [0.5, 0.6) is 0 Å². The molecule has 1 aliphatic rings. The lowest BCUT2D eigenvalue weighted by atomic mass is 9.99. The van der Waals surface area contributed by atoms with E-state index in [1.807, 2.05) is 13.8 Å². The van der Waals surface area contributed by atoms with E-state index in [2.05, 4.69) is 0 Å². The molecule has 0 aromatic carbocycles.